The van der Waals surface area contributed by atoms with Crippen LogP contribution in [0.2, 0.25) is 0 Å². The van der Waals surface area contributed by atoms with E-state index in [-0.39, 0.29) is 42.5 Å². The molecule has 1 heterocycles. The molecule has 3 aromatic rings. The van der Waals surface area contributed by atoms with Crippen LogP contribution in [0.15, 0.2) is 60.7 Å². The maximum atomic E-state index is 14.3. The van der Waals surface area contributed by atoms with Crippen LogP contribution in [-0.2, 0) is 22.6 Å². The third kappa shape index (κ3) is 9.01. The topological polar surface area (TPSA) is 136 Å². The van der Waals surface area contributed by atoms with Gasteiger partial charge in [-0.2, -0.15) is 5.06 Å². The highest BCUT2D eigenvalue weighted by atomic mass is 16.7. The maximum Gasteiger partial charge on any atom is 0.251 e. The number of ether oxygens (including phenoxy) is 2. The average molecular weight is 800 g/mol. The Balaban J connectivity index is 1.28. The fraction of sp³-hybridized carbons (Fsp3) is 0.565. The zero-order valence-electron chi connectivity index (χ0n) is 36.0. The van der Waals surface area contributed by atoms with Crippen LogP contribution >= 0.6 is 0 Å². The summed E-state index contributed by atoms with van der Waals surface area (Å²) in [5.41, 5.74) is 4.99. The smallest absolute Gasteiger partial charge is 0.251 e. The monoisotopic (exact) mass is 799 g/mol. The second-order valence-corrected chi connectivity index (χ2v) is 17.9. The summed E-state index contributed by atoms with van der Waals surface area (Å²) in [4.78, 5) is 38.8. The summed E-state index contributed by atoms with van der Waals surface area (Å²) in [6.07, 6.45) is 1.07. The number of aliphatic hydroxyl groups is 2. The van der Waals surface area contributed by atoms with Gasteiger partial charge in [0.1, 0.15) is 23.6 Å². The molecule has 12 heteroatoms. The summed E-state index contributed by atoms with van der Waals surface area (Å²) in [5, 5.41) is 29.6. The van der Waals surface area contributed by atoms with Crippen molar-refractivity contribution >= 4 is 17.5 Å². The Labute approximate surface area is 344 Å². The first-order valence-corrected chi connectivity index (χ1v) is 20.7. The number of carbonyl (C=O) groups is 2. The molecule has 0 unspecified atom stereocenters. The minimum Gasteiger partial charge on any atom is -0.497 e. The van der Waals surface area contributed by atoms with Crippen molar-refractivity contribution in [2.24, 2.45) is 29.1 Å². The largest absolute Gasteiger partial charge is 0.497 e. The average Bonchev–Trinajstić information content (AvgIpc) is 3.56. The van der Waals surface area contributed by atoms with E-state index in [2.05, 4.69) is 36.3 Å². The van der Waals surface area contributed by atoms with E-state index in [1.807, 2.05) is 93.8 Å². The molecular formula is C46H65N5O7. The van der Waals surface area contributed by atoms with Gasteiger partial charge in [0.15, 0.2) is 0 Å². The fourth-order valence-electron chi connectivity index (χ4n) is 9.94. The number of hydrogen-bond acceptors (Lipinski definition) is 10. The molecule has 9 atom stereocenters. The van der Waals surface area contributed by atoms with Crippen LogP contribution in [0.5, 0.6) is 11.5 Å². The Morgan fingerprint density at radius 2 is 1.76 bits per heavy atom. The normalized spacial score (nSPS) is 26.1. The van der Waals surface area contributed by atoms with E-state index >= 15 is 0 Å². The zero-order valence-corrected chi connectivity index (χ0v) is 36.0. The van der Waals surface area contributed by atoms with Crippen LogP contribution in [-0.4, -0.2) is 118 Å². The molecule has 316 valence electrons. The van der Waals surface area contributed by atoms with Crippen molar-refractivity contribution in [3.05, 3.63) is 77.4 Å². The van der Waals surface area contributed by atoms with E-state index in [1.54, 1.807) is 26.2 Å². The number of anilines is 1. The quantitative estimate of drug-likeness (QED) is 0.157. The standard InChI is InChI=1S/C46H65N5O7/c1-27-38-22-33(46(38,3)4)23-39(27)48-45(55)42-41(28(2)53)40(26-52)58-51(42)24-30-14-12-16-37(43(30)57-10)31-19-32(21-35(20-31)50(7)8)44(54)47-34(25-49(5)6)17-29-13-11-15-36(18-29)56-9/h11-16,18-21,27-28,33-34,38-42,52-53H,17,22-26H2,1-10H3,(H,47,54)(H,48,55)/t27-,28-,33+,34-,38-,39-,40-,41-,42-/m0/s1. The van der Waals surface area contributed by atoms with Crippen molar-refractivity contribution in [3.8, 4) is 22.6 Å². The summed E-state index contributed by atoms with van der Waals surface area (Å²) in [7, 11) is 11.1. The molecule has 0 spiro atoms. The van der Waals surface area contributed by atoms with E-state index in [0.717, 1.165) is 40.1 Å². The fourth-order valence-corrected chi connectivity index (χ4v) is 9.94. The van der Waals surface area contributed by atoms with Crippen LogP contribution in [0.3, 0.4) is 0 Å². The Morgan fingerprint density at radius 3 is 2.38 bits per heavy atom. The molecule has 4 fully saturated rings. The van der Waals surface area contributed by atoms with Crippen molar-refractivity contribution < 1.29 is 34.1 Å². The van der Waals surface area contributed by atoms with E-state index < -0.39 is 24.2 Å². The number of likely N-dealkylation sites (N-methyl/N-ethyl adjacent to an activating group) is 1. The number of benzene rings is 3. The van der Waals surface area contributed by atoms with Gasteiger partial charge in [0.25, 0.3) is 5.91 Å². The second kappa shape index (κ2) is 18.0. The van der Waals surface area contributed by atoms with Gasteiger partial charge in [-0.1, -0.05) is 51.1 Å². The molecule has 12 nitrogen and oxygen atoms in total. The molecule has 4 N–H and O–H groups in total. The summed E-state index contributed by atoms with van der Waals surface area (Å²) in [6.45, 7) is 9.01. The first-order chi connectivity index (χ1) is 27.6. The van der Waals surface area contributed by atoms with Gasteiger partial charge in [-0.05, 0) is 105 Å². The van der Waals surface area contributed by atoms with Gasteiger partial charge < -0.3 is 40.1 Å². The van der Waals surface area contributed by atoms with Crippen molar-refractivity contribution in [1.29, 1.82) is 0 Å². The van der Waals surface area contributed by atoms with Gasteiger partial charge in [-0.15, -0.1) is 0 Å². The number of rotatable bonds is 16. The van der Waals surface area contributed by atoms with Gasteiger partial charge in [0, 0.05) is 61.0 Å². The highest BCUT2D eigenvalue weighted by Gasteiger charge is 2.57. The van der Waals surface area contributed by atoms with Gasteiger partial charge in [0.2, 0.25) is 5.91 Å². The number of carbonyl (C=O) groups excluding carboxylic acids is 2. The minimum absolute atomic E-state index is 0.0298. The third-order valence-corrected chi connectivity index (χ3v) is 13.2. The lowest BCUT2D eigenvalue weighted by molar-refractivity contribution is -0.183. The zero-order chi connectivity index (χ0) is 42.1. The minimum atomic E-state index is -0.909. The number of hydrogen-bond donors (Lipinski definition) is 4. The maximum absolute atomic E-state index is 14.3. The van der Waals surface area contributed by atoms with Crippen molar-refractivity contribution in [3.63, 3.8) is 0 Å². The predicted octanol–water partition coefficient (Wildman–Crippen LogP) is 5.00. The molecule has 0 aromatic heterocycles. The van der Waals surface area contributed by atoms with E-state index in [4.69, 9.17) is 14.3 Å². The first-order valence-electron chi connectivity index (χ1n) is 20.7. The molecule has 3 aliphatic carbocycles. The molecular weight excluding hydrogens is 735 g/mol. The van der Waals surface area contributed by atoms with Crippen LogP contribution in [0, 0.1) is 29.1 Å². The molecule has 4 aliphatic rings. The van der Waals surface area contributed by atoms with Gasteiger partial charge in [-0.25, -0.2) is 0 Å². The van der Waals surface area contributed by atoms with Gasteiger partial charge >= 0.3 is 0 Å². The van der Waals surface area contributed by atoms with Crippen LogP contribution in [0.25, 0.3) is 11.1 Å². The lowest BCUT2D eigenvalue weighted by atomic mass is 9.45. The Hall–Kier alpha value is -4.20. The summed E-state index contributed by atoms with van der Waals surface area (Å²) in [5.74, 6) is 1.73. The number of amides is 2. The Bertz CT molecular complexity index is 1920. The van der Waals surface area contributed by atoms with E-state index in [1.165, 1.54) is 6.42 Å². The molecule has 1 saturated heterocycles. The molecule has 1 aliphatic heterocycles. The van der Waals surface area contributed by atoms with Crippen molar-refractivity contribution in [2.75, 3.05) is 60.5 Å². The third-order valence-electron chi connectivity index (χ3n) is 13.2. The van der Waals surface area contributed by atoms with Gasteiger partial charge in [-0.3, -0.25) is 14.4 Å². The summed E-state index contributed by atoms with van der Waals surface area (Å²) in [6, 6.07) is 18.5. The number of para-hydroxylation sites is 1. The SMILES string of the molecule is COc1cccc(C[C@@H](CN(C)C)NC(=O)c2cc(-c3cccc(CN4O[C@@H](CO)[C@H]([C@H](C)O)[C@H]4C(=O)N[C@H]4C[C@H]5C[C@@H]([C@@H]4C)C5(C)C)c3OC)cc(N(C)C)c2)c1. The number of aliphatic hydroxyl groups excluding tert-OH is 2. The molecule has 0 radical (unpaired) electrons. The van der Waals surface area contributed by atoms with Crippen molar-refractivity contribution in [2.45, 2.75) is 83.8 Å². The Morgan fingerprint density at radius 1 is 1.02 bits per heavy atom. The highest BCUT2D eigenvalue weighted by Crippen LogP contribution is 2.61. The lowest BCUT2D eigenvalue weighted by Crippen LogP contribution is -2.62. The molecule has 2 amide bonds. The lowest BCUT2D eigenvalue weighted by Gasteiger charge is -2.62. The van der Waals surface area contributed by atoms with Crippen LogP contribution in [0.4, 0.5) is 5.69 Å². The molecule has 3 saturated carbocycles. The number of hydroxylamine groups is 2. The Kier molecular flexibility index (Phi) is 13.4. The van der Waals surface area contributed by atoms with E-state index in [0.29, 0.717) is 42.0 Å². The molecule has 58 heavy (non-hydrogen) atoms. The molecule has 3 aromatic carbocycles. The summed E-state index contributed by atoms with van der Waals surface area (Å²) < 4.78 is 11.6. The highest BCUT2D eigenvalue weighted by molar-refractivity contribution is 5.97. The van der Waals surface area contributed by atoms with Gasteiger partial charge in [0.05, 0.1) is 33.5 Å². The van der Waals surface area contributed by atoms with Crippen LogP contribution in [0.1, 0.15) is 62.0 Å². The predicted molar refractivity (Wildman–Crippen MR) is 227 cm³/mol. The number of fused-ring (bicyclic) bond motifs is 2. The van der Waals surface area contributed by atoms with Crippen molar-refractivity contribution in [1.82, 2.24) is 20.6 Å². The second-order valence-electron chi connectivity index (χ2n) is 17.9. The molecule has 7 rings (SSSR count). The first kappa shape index (κ1) is 43.4. The number of methoxy groups -OCH3 is 2. The summed E-state index contributed by atoms with van der Waals surface area (Å²) >= 11 is 0. The number of nitrogens with zero attached hydrogens (tertiary/aromatic N) is 3. The molecule has 2 bridgehead atoms. The van der Waals surface area contributed by atoms with Crippen LogP contribution < -0.4 is 25.0 Å². The number of nitrogens with one attached hydrogen (secondary N) is 2. The van der Waals surface area contributed by atoms with E-state index in [9.17, 15) is 19.8 Å².